The molecule has 0 amide bonds. The molecule has 0 spiro atoms. The standard InChI is InChI=1S/C17H22.Ti/c1-13(17(2,3)4)16(14-9-5-6-10-14)15-11-7-8-12-15;/h5-9,11,13H,1,10,12H2,2-4H3;/q-2;+2. The van der Waals surface area contributed by atoms with Crippen LogP contribution in [0, 0.1) is 24.2 Å². The Hall–Kier alpha value is -0.456. The molecule has 2 aliphatic carbocycles. The zero-order valence-corrected chi connectivity index (χ0v) is 13.2. The second-order valence-electron chi connectivity index (χ2n) is 5.98. The molecule has 0 radical (unpaired) electrons. The predicted octanol–water partition coefficient (Wildman–Crippen LogP) is 4.83. The molecule has 94 valence electrons. The van der Waals surface area contributed by atoms with Gasteiger partial charge >= 0.3 is 21.7 Å². The van der Waals surface area contributed by atoms with Gasteiger partial charge in [-0.2, -0.15) is 35.1 Å². The molecule has 2 aliphatic rings. The van der Waals surface area contributed by atoms with Crippen molar-refractivity contribution >= 4 is 0 Å². The molecule has 1 heteroatoms. The molecule has 0 bridgehead atoms. The first-order chi connectivity index (χ1) is 8.00. The van der Waals surface area contributed by atoms with Gasteiger partial charge in [-0.05, 0) is 12.8 Å². The fourth-order valence-electron chi connectivity index (χ4n) is 2.38. The molecular formula is C17H22Ti. The Balaban J connectivity index is 0.00000162. The maximum absolute atomic E-state index is 4.42. The Bertz CT molecular complexity index is 372. The first-order valence-electron chi connectivity index (χ1n) is 6.42. The topological polar surface area (TPSA) is 0 Å². The molecule has 0 heterocycles. The van der Waals surface area contributed by atoms with Crippen molar-refractivity contribution < 1.29 is 21.7 Å². The Kier molecular flexibility index (Phi) is 5.31. The number of rotatable bonds is 3. The Labute approximate surface area is 127 Å². The van der Waals surface area contributed by atoms with Crippen LogP contribution in [0.4, 0.5) is 0 Å². The van der Waals surface area contributed by atoms with E-state index in [1.165, 1.54) is 17.1 Å². The summed E-state index contributed by atoms with van der Waals surface area (Å²) in [5, 5.41) is 0. The van der Waals surface area contributed by atoms with Crippen LogP contribution in [0.1, 0.15) is 33.6 Å². The summed E-state index contributed by atoms with van der Waals surface area (Å²) in [5.74, 6) is 1.81. The van der Waals surface area contributed by atoms with Gasteiger partial charge in [0.05, 0.1) is 0 Å². The molecule has 0 aliphatic heterocycles. The molecule has 0 nitrogen and oxygen atoms in total. The van der Waals surface area contributed by atoms with Gasteiger partial charge in [0.1, 0.15) is 0 Å². The van der Waals surface area contributed by atoms with Gasteiger partial charge in [-0.1, -0.05) is 38.3 Å². The molecule has 0 fully saturated rings. The maximum Gasteiger partial charge on any atom is 2.00 e. The molecule has 18 heavy (non-hydrogen) atoms. The summed E-state index contributed by atoms with van der Waals surface area (Å²) in [6.07, 6.45) is 15.4. The van der Waals surface area contributed by atoms with Crippen molar-refractivity contribution in [3.05, 3.63) is 60.4 Å². The zero-order chi connectivity index (χ0) is 12.5. The third kappa shape index (κ3) is 3.30. The normalized spacial score (nSPS) is 19.3. The first-order valence-corrected chi connectivity index (χ1v) is 6.42. The molecule has 0 saturated heterocycles. The molecule has 2 rings (SSSR count). The fraction of sp³-hybridized carbons (Fsp3) is 0.412. The van der Waals surface area contributed by atoms with E-state index in [2.05, 4.69) is 64.2 Å². The van der Waals surface area contributed by atoms with Crippen LogP contribution in [0.3, 0.4) is 0 Å². The number of allylic oxidation sites excluding steroid dienone is 8. The van der Waals surface area contributed by atoms with Crippen molar-refractivity contribution in [1.29, 1.82) is 0 Å². The Morgan fingerprint density at radius 3 is 1.78 bits per heavy atom. The van der Waals surface area contributed by atoms with Crippen molar-refractivity contribution in [1.82, 2.24) is 0 Å². The predicted molar refractivity (Wildman–Crippen MR) is 75.2 cm³/mol. The Morgan fingerprint density at radius 2 is 1.50 bits per heavy atom. The molecule has 0 saturated carbocycles. The van der Waals surface area contributed by atoms with Gasteiger partial charge in [-0.3, -0.25) is 0 Å². The number of hydrogen-bond donors (Lipinski definition) is 0. The van der Waals surface area contributed by atoms with Crippen LogP contribution in [0.5, 0.6) is 0 Å². The summed E-state index contributed by atoms with van der Waals surface area (Å²) in [6, 6.07) is 0. The summed E-state index contributed by atoms with van der Waals surface area (Å²) in [5.41, 5.74) is 3.12. The first kappa shape index (κ1) is 15.6. The molecule has 1 unspecified atom stereocenters. The second kappa shape index (κ2) is 6.13. The average molecular weight is 274 g/mol. The van der Waals surface area contributed by atoms with Crippen LogP contribution in [0.15, 0.2) is 47.6 Å². The van der Waals surface area contributed by atoms with E-state index in [1.54, 1.807) is 0 Å². The van der Waals surface area contributed by atoms with E-state index in [-0.39, 0.29) is 27.1 Å². The van der Waals surface area contributed by atoms with Crippen LogP contribution in [0.25, 0.3) is 0 Å². The monoisotopic (exact) mass is 274 g/mol. The van der Waals surface area contributed by atoms with E-state index in [9.17, 15) is 0 Å². The quantitative estimate of drug-likeness (QED) is 0.511. The summed E-state index contributed by atoms with van der Waals surface area (Å²) < 4.78 is 0. The zero-order valence-electron chi connectivity index (χ0n) is 11.7. The van der Waals surface area contributed by atoms with Crippen molar-refractivity contribution in [2.75, 3.05) is 0 Å². The minimum absolute atomic E-state index is 0. The molecular weight excluding hydrogens is 252 g/mol. The summed E-state index contributed by atoms with van der Waals surface area (Å²) >= 11 is 0. The van der Waals surface area contributed by atoms with Crippen molar-refractivity contribution in [3.8, 4) is 0 Å². The van der Waals surface area contributed by atoms with E-state index >= 15 is 0 Å². The third-order valence-electron chi connectivity index (χ3n) is 3.63. The minimum atomic E-state index is 0. The SMILES string of the molecule is [CH2-]C([C-](C1=CC=CC1)C1=CC=CC1)C(C)(C)C.[Ti+2]. The van der Waals surface area contributed by atoms with Crippen molar-refractivity contribution in [2.24, 2.45) is 11.3 Å². The minimum Gasteiger partial charge on any atom is -0.347 e. The van der Waals surface area contributed by atoms with Gasteiger partial charge in [0, 0.05) is 0 Å². The number of hydrogen-bond acceptors (Lipinski definition) is 0. The molecule has 0 aromatic rings. The van der Waals surface area contributed by atoms with E-state index in [0.717, 1.165) is 12.8 Å². The van der Waals surface area contributed by atoms with Crippen molar-refractivity contribution in [3.63, 3.8) is 0 Å². The van der Waals surface area contributed by atoms with E-state index < -0.39 is 0 Å². The molecule has 0 aromatic carbocycles. The third-order valence-corrected chi connectivity index (χ3v) is 3.63. The Morgan fingerprint density at radius 1 is 1.06 bits per heavy atom. The van der Waals surface area contributed by atoms with Gasteiger partial charge in [-0.15, -0.1) is 12.2 Å². The van der Waals surface area contributed by atoms with Crippen LogP contribution in [-0.2, 0) is 21.7 Å². The van der Waals surface area contributed by atoms with Crippen LogP contribution >= 0.6 is 0 Å². The van der Waals surface area contributed by atoms with E-state index in [0.29, 0.717) is 5.92 Å². The van der Waals surface area contributed by atoms with Crippen LogP contribution < -0.4 is 0 Å². The summed E-state index contributed by atoms with van der Waals surface area (Å²) in [4.78, 5) is 0. The van der Waals surface area contributed by atoms with Crippen LogP contribution in [-0.4, -0.2) is 0 Å². The summed E-state index contributed by atoms with van der Waals surface area (Å²) in [6.45, 7) is 11.2. The maximum atomic E-state index is 4.42. The molecule has 0 aromatic heterocycles. The van der Waals surface area contributed by atoms with Gasteiger partial charge < -0.3 is 6.92 Å². The molecule has 0 N–H and O–H groups in total. The molecule has 1 atom stereocenters. The fourth-order valence-corrected chi connectivity index (χ4v) is 2.38. The van der Waals surface area contributed by atoms with Crippen molar-refractivity contribution in [2.45, 2.75) is 33.6 Å². The van der Waals surface area contributed by atoms with E-state index in [4.69, 9.17) is 0 Å². The second-order valence-corrected chi connectivity index (χ2v) is 5.98. The van der Waals surface area contributed by atoms with Gasteiger partial charge in [-0.25, -0.2) is 0 Å². The van der Waals surface area contributed by atoms with Crippen LogP contribution in [0.2, 0.25) is 0 Å². The smallest absolute Gasteiger partial charge is 0.347 e. The van der Waals surface area contributed by atoms with Gasteiger partial charge in [0.15, 0.2) is 0 Å². The largest absolute Gasteiger partial charge is 2.00 e. The van der Waals surface area contributed by atoms with E-state index in [1.807, 2.05) is 0 Å². The average Bonchev–Trinajstić information content (AvgIpc) is 2.88. The summed E-state index contributed by atoms with van der Waals surface area (Å²) in [7, 11) is 0. The van der Waals surface area contributed by atoms with Gasteiger partial charge in [0.2, 0.25) is 0 Å². The van der Waals surface area contributed by atoms with Gasteiger partial charge in [0.25, 0.3) is 0 Å².